The first-order valence-electron chi connectivity index (χ1n) is 9.33. The molecule has 2 aromatic carbocycles. The second-order valence-electron chi connectivity index (χ2n) is 6.57. The molecule has 0 saturated carbocycles. The molecule has 1 aromatic heterocycles. The monoisotopic (exact) mass is 457 g/mol. The summed E-state index contributed by atoms with van der Waals surface area (Å²) < 4.78 is 18.2. The minimum Gasteiger partial charge on any atom is -0.495 e. The standard InChI is InChI=1S/C21H20FN5O4S/c1-11-18(19(29)26-16-10-15(24-12(2)28)8-9-17(16)31-3)32-21(23-11)27-20(30)25-14-6-4-13(22)5-7-14/h4-10H,1-3H3,(H,24,28)(H,26,29)(H2,23,25,27,30). The summed E-state index contributed by atoms with van der Waals surface area (Å²) in [4.78, 5) is 40.8. The lowest BCUT2D eigenvalue weighted by atomic mass is 10.2. The number of carbonyl (C=O) groups excluding carboxylic acids is 3. The second kappa shape index (κ2) is 9.88. The van der Waals surface area contributed by atoms with Gasteiger partial charge in [0.15, 0.2) is 5.13 Å². The van der Waals surface area contributed by atoms with E-state index in [0.717, 1.165) is 11.3 Å². The Morgan fingerprint density at radius 1 is 0.969 bits per heavy atom. The van der Waals surface area contributed by atoms with Crippen molar-refractivity contribution in [2.24, 2.45) is 0 Å². The maximum atomic E-state index is 13.0. The summed E-state index contributed by atoms with van der Waals surface area (Å²) in [6, 6.07) is 9.54. The van der Waals surface area contributed by atoms with Crippen LogP contribution >= 0.6 is 11.3 Å². The van der Waals surface area contributed by atoms with Gasteiger partial charge in [0.05, 0.1) is 18.5 Å². The number of nitrogens with zero attached hydrogens (tertiary/aromatic N) is 1. The van der Waals surface area contributed by atoms with Crippen LogP contribution in [0.1, 0.15) is 22.3 Å². The van der Waals surface area contributed by atoms with Crippen molar-refractivity contribution in [1.82, 2.24) is 4.98 Å². The van der Waals surface area contributed by atoms with E-state index in [2.05, 4.69) is 26.3 Å². The fraction of sp³-hybridized carbons (Fsp3) is 0.143. The van der Waals surface area contributed by atoms with Gasteiger partial charge in [-0.25, -0.2) is 14.2 Å². The van der Waals surface area contributed by atoms with Gasteiger partial charge in [-0.1, -0.05) is 11.3 Å². The summed E-state index contributed by atoms with van der Waals surface area (Å²) in [5, 5.41) is 10.7. The number of hydrogen-bond donors (Lipinski definition) is 4. The lowest BCUT2D eigenvalue weighted by molar-refractivity contribution is -0.114. The Labute approximate surface area is 187 Å². The third-order valence-electron chi connectivity index (χ3n) is 4.09. The van der Waals surface area contributed by atoms with E-state index < -0.39 is 17.8 Å². The molecule has 1 heterocycles. The van der Waals surface area contributed by atoms with Crippen molar-refractivity contribution in [3.8, 4) is 5.75 Å². The zero-order chi connectivity index (χ0) is 23.3. The van der Waals surface area contributed by atoms with Crippen molar-refractivity contribution >= 4 is 51.4 Å². The molecule has 0 aliphatic carbocycles. The number of thiazole rings is 1. The lowest BCUT2D eigenvalue weighted by Gasteiger charge is -2.12. The number of aromatic nitrogens is 1. The molecule has 166 valence electrons. The van der Waals surface area contributed by atoms with Gasteiger partial charge in [0.2, 0.25) is 5.91 Å². The van der Waals surface area contributed by atoms with E-state index in [0.29, 0.717) is 28.5 Å². The number of carbonyl (C=O) groups is 3. The second-order valence-corrected chi connectivity index (χ2v) is 7.57. The van der Waals surface area contributed by atoms with Crippen LogP contribution in [-0.2, 0) is 4.79 Å². The van der Waals surface area contributed by atoms with E-state index in [1.54, 1.807) is 25.1 Å². The highest BCUT2D eigenvalue weighted by molar-refractivity contribution is 7.17. The molecule has 0 unspecified atom stereocenters. The molecule has 0 aliphatic heterocycles. The number of aryl methyl sites for hydroxylation is 1. The molecule has 4 amide bonds. The number of hydrogen-bond acceptors (Lipinski definition) is 6. The largest absolute Gasteiger partial charge is 0.495 e. The highest BCUT2D eigenvalue weighted by Crippen LogP contribution is 2.30. The Morgan fingerprint density at radius 2 is 1.66 bits per heavy atom. The Hall–Kier alpha value is -3.99. The molecule has 0 bridgehead atoms. The number of ether oxygens (including phenoxy) is 1. The van der Waals surface area contributed by atoms with Crippen LogP contribution in [0.4, 0.5) is 31.4 Å². The predicted molar refractivity (Wildman–Crippen MR) is 121 cm³/mol. The molecule has 32 heavy (non-hydrogen) atoms. The molecule has 0 aliphatic rings. The zero-order valence-corrected chi connectivity index (χ0v) is 18.2. The number of amides is 4. The summed E-state index contributed by atoms with van der Waals surface area (Å²) in [5.41, 5.74) is 1.68. The van der Waals surface area contributed by atoms with Crippen molar-refractivity contribution in [2.45, 2.75) is 13.8 Å². The van der Waals surface area contributed by atoms with E-state index in [1.165, 1.54) is 38.3 Å². The number of benzene rings is 2. The summed E-state index contributed by atoms with van der Waals surface area (Å²) in [6.07, 6.45) is 0. The van der Waals surface area contributed by atoms with E-state index in [1.807, 2.05) is 0 Å². The van der Waals surface area contributed by atoms with Gasteiger partial charge in [0, 0.05) is 18.3 Å². The fourth-order valence-electron chi connectivity index (χ4n) is 2.72. The van der Waals surface area contributed by atoms with E-state index in [-0.39, 0.29) is 15.9 Å². The van der Waals surface area contributed by atoms with Crippen molar-refractivity contribution in [3.63, 3.8) is 0 Å². The number of nitrogens with one attached hydrogen (secondary N) is 4. The first-order chi connectivity index (χ1) is 15.2. The summed E-state index contributed by atoms with van der Waals surface area (Å²) in [5.74, 6) is -0.710. The first-order valence-corrected chi connectivity index (χ1v) is 10.1. The molecule has 4 N–H and O–H groups in total. The van der Waals surface area contributed by atoms with Crippen LogP contribution in [0.25, 0.3) is 0 Å². The molecule has 0 spiro atoms. The molecule has 3 aromatic rings. The van der Waals surface area contributed by atoms with Crippen LogP contribution in [0.5, 0.6) is 5.75 Å². The SMILES string of the molecule is COc1ccc(NC(C)=O)cc1NC(=O)c1sc(NC(=O)Nc2ccc(F)cc2)nc1C. The molecule has 0 atom stereocenters. The predicted octanol–water partition coefficient (Wildman–Crippen LogP) is 4.45. The van der Waals surface area contributed by atoms with Crippen LogP contribution in [0, 0.1) is 12.7 Å². The van der Waals surface area contributed by atoms with Gasteiger partial charge in [-0.05, 0) is 49.4 Å². The third-order valence-corrected chi connectivity index (χ3v) is 5.17. The highest BCUT2D eigenvalue weighted by Gasteiger charge is 2.18. The van der Waals surface area contributed by atoms with Crippen LogP contribution in [0.3, 0.4) is 0 Å². The van der Waals surface area contributed by atoms with Gasteiger partial charge in [-0.3, -0.25) is 14.9 Å². The Balaban J connectivity index is 1.71. The number of anilines is 4. The van der Waals surface area contributed by atoms with Gasteiger partial charge in [0.25, 0.3) is 5.91 Å². The van der Waals surface area contributed by atoms with Crippen molar-refractivity contribution < 1.29 is 23.5 Å². The lowest BCUT2D eigenvalue weighted by Crippen LogP contribution is -2.19. The fourth-order valence-corrected chi connectivity index (χ4v) is 3.58. The average molecular weight is 457 g/mol. The summed E-state index contributed by atoms with van der Waals surface area (Å²) in [7, 11) is 1.46. The van der Waals surface area contributed by atoms with Crippen LogP contribution < -0.4 is 26.0 Å². The molecule has 0 radical (unpaired) electrons. The van der Waals surface area contributed by atoms with E-state index >= 15 is 0 Å². The normalized spacial score (nSPS) is 10.2. The Bertz CT molecular complexity index is 1160. The van der Waals surface area contributed by atoms with Gasteiger partial charge in [0.1, 0.15) is 16.4 Å². The van der Waals surface area contributed by atoms with Gasteiger partial charge >= 0.3 is 6.03 Å². The van der Waals surface area contributed by atoms with E-state index in [4.69, 9.17) is 4.74 Å². The third kappa shape index (κ3) is 5.79. The minimum absolute atomic E-state index is 0.214. The molecule has 3 rings (SSSR count). The topological polar surface area (TPSA) is 121 Å². The summed E-state index contributed by atoms with van der Waals surface area (Å²) in [6.45, 7) is 3.02. The number of methoxy groups -OCH3 is 1. The quantitative estimate of drug-likeness (QED) is 0.436. The Kier molecular flexibility index (Phi) is 7.00. The molecule has 0 fully saturated rings. The van der Waals surface area contributed by atoms with Crippen LogP contribution in [0.15, 0.2) is 42.5 Å². The minimum atomic E-state index is -0.581. The number of rotatable bonds is 6. The number of urea groups is 1. The highest BCUT2D eigenvalue weighted by atomic mass is 32.1. The summed E-state index contributed by atoms with van der Waals surface area (Å²) >= 11 is 0.991. The van der Waals surface area contributed by atoms with Crippen molar-refractivity contribution in [2.75, 3.05) is 28.4 Å². The van der Waals surface area contributed by atoms with Crippen LogP contribution in [-0.4, -0.2) is 29.9 Å². The van der Waals surface area contributed by atoms with Crippen molar-refractivity contribution in [3.05, 3.63) is 58.9 Å². The maximum Gasteiger partial charge on any atom is 0.325 e. The Morgan fingerprint density at radius 3 is 2.31 bits per heavy atom. The molecule has 0 saturated heterocycles. The number of halogens is 1. The molecule has 11 heteroatoms. The first kappa shape index (κ1) is 22.7. The van der Waals surface area contributed by atoms with Gasteiger partial charge in [-0.2, -0.15) is 0 Å². The smallest absolute Gasteiger partial charge is 0.325 e. The molecule has 9 nitrogen and oxygen atoms in total. The van der Waals surface area contributed by atoms with Crippen molar-refractivity contribution in [1.29, 1.82) is 0 Å². The van der Waals surface area contributed by atoms with Crippen LogP contribution in [0.2, 0.25) is 0 Å². The van der Waals surface area contributed by atoms with Gasteiger partial charge < -0.3 is 20.7 Å². The zero-order valence-electron chi connectivity index (χ0n) is 17.4. The average Bonchev–Trinajstić information content (AvgIpc) is 3.09. The van der Waals surface area contributed by atoms with Gasteiger partial charge in [-0.15, -0.1) is 0 Å². The van der Waals surface area contributed by atoms with E-state index in [9.17, 15) is 18.8 Å². The maximum absolute atomic E-state index is 13.0. The molecular weight excluding hydrogens is 437 g/mol. The molecular formula is C21H20FN5O4S.